The van der Waals surface area contributed by atoms with Crippen molar-refractivity contribution in [1.29, 1.82) is 0 Å². The molecule has 1 aromatic heterocycles. The van der Waals surface area contributed by atoms with Gasteiger partial charge in [0, 0.05) is 13.5 Å². The molecule has 0 fully saturated rings. The predicted molar refractivity (Wildman–Crippen MR) is 68.0 cm³/mol. The molecule has 1 rings (SSSR count). The van der Waals surface area contributed by atoms with Crippen LogP contribution in [0.4, 0.5) is 4.79 Å². The van der Waals surface area contributed by atoms with E-state index in [0.29, 0.717) is 17.0 Å². The van der Waals surface area contributed by atoms with Gasteiger partial charge in [0.25, 0.3) is 0 Å². The molecule has 0 saturated heterocycles. The standard InChI is InChI=1S/C11H19N5O3/c1-4-5-6-12-11(18)14-13-10(17)9-8(2)15(3)7-16(9)19/h7H,4-6H2,1-3H3,(H,13,17)(H2,12,14,18). The molecule has 0 radical (unpaired) electrons. The van der Waals surface area contributed by atoms with Gasteiger partial charge in [0.15, 0.2) is 5.69 Å². The molecule has 0 aliphatic carbocycles. The van der Waals surface area contributed by atoms with E-state index in [1.165, 1.54) is 10.9 Å². The lowest BCUT2D eigenvalue weighted by atomic mass is 10.3. The van der Waals surface area contributed by atoms with Crippen molar-refractivity contribution in [3.63, 3.8) is 0 Å². The quantitative estimate of drug-likeness (QED) is 0.303. The third-order valence-corrected chi connectivity index (χ3v) is 2.69. The maximum absolute atomic E-state index is 11.7. The van der Waals surface area contributed by atoms with Crippen molar-refractivity contribution >= 4 is 11.9 Å². The molecule has 8 heteroatoms. The zero-order valence-electron chi connectivity index (χ0n) is 11.3. The number of amides is 3. The highest BCUT2D eigenvalue weighted by Gasteiger charge is 2.21. The number of carbonyl (C=O) groups is 2. The number of rotatable bonds is 4. The molecular formula is C11H19N5O3. The molecule has 0 spiro atoms. The lowest BCUT2D eigenvalue weighted by Crippen LogP contribution is -2.49. The summed E-state index contributed by atoms with van der Waals surface area (Å²) in [7, 11) is 1.66. The van der Waals surface area contributed by atoms with Crippen molar-refractivity contribution in [2.75, 3.05) is 6.54 Å². The van der Waals surface area contributed by atoms with E-state index in [2.05, 4.69) is 16.2 Å². The van der Waals surface area contributed by atoms with Gasteiger partial charge in [-0.2, -0.15) is 0 Å². The topological polar surface area (TPSA) is 102 Å². The van der Waals surface area contributed by atoms with Crippen LogP contribution in [0.3, 0.4) is 0 Å². The molecule has 0 aliphatic rings. The first-order chi connectivity index (χ1) is 8.97. The minimum atomic E-state index is -0.654. The van der Waals surface area contributed by atoms with Crippen LogP contribution in [0.2, 0.25) is 0 Å². The number of aromatic nitrogens is 2. The molecule has 106 valence electrons. The third-order valence-electron chi connectivity index (χ3n) is 2.69. The third kappa shape index (κ3) is 3.87. The van der Waals surface area contributed by atoms with E-state index in [1.807, 2.05) is 6.92 Å². The molecule has 19 heavy (non-hydrogen) atoms. The number of hydrogen-bond donors (Lipinski definition) is 3. The van der Waals surface area contributed by atoms with Gasteiger partial charge in [0.1, 0.15) is 0 Å². The Kier molecular flexibility index (Phi) is 5.16. The van der Waals surface area contributed by atoms with Crippen LogP contribution < -0.4 is 20.9 Å². The number of hydrazine groups is 1. The Bertz CT molecular complexity index is 469. The number of aryl methyl sites for hydroxylation is 1. The zero-order chi connectivity index (χ0) is 14.4. The summed E-state index contributed by atoms with van der Waals surface area (Å²) < 4.78 is 1.99. The van der Waals surface area contributed by atoms with E-state index in [4.69, 9.17) is 0 Å². The zero-order valence-corrected chi connectivity index (χ0v) is 11.3. The van der Waals surface area contributed by atoms with Crippen LogP contribution in [0.1, 0.15) is 35.9 Å². The Morgan fingerprint density at radius 2 is 2.11 bits per heavy atom. The Hall–Kier alpha value is -2.25. The normalized spacial score (nSPS) is 10.1. The van der Waals surface area contributed by atoms with Crippen LogP contribution in [-0.2, 0) is 7.05 Å². The largest absolute Gasteiger partial charge is 0.710 e. The SMILES string of the molecule is CCCCNC(=O)NNC(=O)c1c(C)n(C)c[n+]1[O-]. The highest BCUT2D eigenvalue weighted by Crippen LogP contribution is 2.00. The molecule has 0 unspecified atom stereocenters. The van der Waals surface area contributed by atoms with Gasteiger partial charge in [0.05, 0.1) is 7.05 Å². The first-order valence-electron chi connectivity index (χ1n) is 6.06. The number of urea groups is 1. The minimum Gasteiger partial charge on any atom is -0.710 e. The predicted octanol–water partition coefficient (Wildman–Crippen LogP) is -0.289. The Balaban J connectivity index is 2.49. The van der Waals surface area contributed by atoms with Crippen molar-refractivity contribution in [3.05, 3.63) is 22.9 Å². The summed E-state index contributed by atoms with van der Waals surface area (Å²) in [6, 6.07) is -0.507. The molecule has 0 bridgehead atoms. The fourth-order valence-electron chi connectivity index (χ4n) is 1.49. The summed E-state index contributed by atoms with van der Waals surface area (Å²) in [5.74, 6) is -0.654. The van der Waals surface area contributed by atoms with E-state index >= 15 is 0 Å². The lowest BCUT2D eigenvalue weighted by Gasteiger charge is -2.08. The molecule has 3 N–H and O–H groups in total. The highest BCUT2D eigenvalue weighted by molar-refractivity contribution is 5.93. The summed E-state index contributed by atoms with van der Waals surface area (Å²) in [6.07, 6.45) is 3.07. The van der Waals surface area contributed by atoms with Crippen LogP contribution in [0.25, 0.3) is 0 Å². The van der Waals surface area contributed by atoms with Gasteiger partial charge in [-0.15, -0.1) is 0 Å². The lowest BCUT2D eigenvalue weighted by molar-refractivity contribution is -0.607. The number of hydrogen-bond acceptors (Lipinski definition) is 3. The van der Waals surface area contributed by atoms with Crippen molar-refractivity contribution in [1.82, 2.24) is 20.7 Å². The maximum Gasteiger partial charge on any atom is 0.333 e. The second-order valence-corrected chi connectivity index (χ2v) is 4.17. The molecule has 0 saturated carbocycles. The van der Waals surface area contributed by atoms with Crippen LogP contribution in [0.15, 0.2) is 6.33 Å². The molecule has 0 atom stereocenters. The molecule has 3 amide bonds. The Morgan fingerprint density at radius 1 is 1.42 bits per heavy atom. The highest BCUT2D eigenvalue weighted by atomic mass is 16.5. The Labute approximate surface area is 111 Å². The van der Waals surface area contributed by atoms with Gasteiger partial charge in [-0.25, -0.2) is 19.5 Å². The van der Waals surface area contributed by atoms with Crippen LogP contribution in [-0.4, -0.2) is 23.1 Å². The number of carbonyl (C=O) groups excluding carboxylic acids is 2. The molecule has 8 nitrogen and oxygen atoms in total. The molecule has 0 aliphatic heterocycles. The summed E-state index contributed by atoms with van der Waals surface area (Å²) in [6.45, 7) is 4.18. The Morgan fingerprint density at radius 3 is 2.63 bits per heavy atom. The average Bonchev–Trinajstić information content (AvgIpc) is 2.61. The molecular weight excluding hydrogens is 250 g/mol. The van der Waals surface area contributed by atoms with Gasteiger partial charge in [0.2, 0.25) is 12.0 Å². The smallest absolute Gasteiger partial charge is 0.333 e. The summed E-state index contributed by atoms with van der Waals surface area (Å²) in [5, 5.41) is 14.0. The van der Waals surface area contributed by atoms with Crippen molar-refractivity contribution < 1.29 is 14.3 Å². The fourth-order valence-corrected chi connectivity index (χ4v) is 1.49. The fraction of sp³-hybridized carbons (Fsp3) is 0.545. The van der Waals surface area contributed by atoms with E-state index in [1.54, 1.807) is 14.0 Å². The van der Waals surface area contributed by atoms with E-state index < -0.39 is 11.9 Å². The number of imidazole rings is 1. The van der Waals surface area contributed by atoms with Crippen molar-refractivity contribution in [2.24, 2.45) is 7.05 Å². The van der Waals surface area contributed by atoms with Crippen LogP contribution >= 0.6 is 0 Å². The van der Waals surface area contributed by atoms with E-state index in [9.17, 15) is 14.8 Å². The molecule has 1 aromatic rings. The first kappa shape index (κ1) is 14.8. The monoisotopic (exact) mass is 269 g/mol. The summed E-state index contributed by atoms with van der Waals surface area (Å²) >= 11 is 0. The summed E-state index contributed by atoms with van der Waals surface area (Å²) in [4.78, 5) is 23.0. The van der Waals surface area contributed by atoms with Crippen molar-refractivity contribution in [3.8, 4) is 0 Å². The second kappa shape index (κ2) is 6.62. The molecule has 0 aromatic carbocycles. The number of nitrogens with one attached hydrogen (secondary N) is 3. The average molecular weight is 269 g/mol. The summed E-state index contributed by atoms with van der Waals surface area (Å²) in [5.41, 5.74) is 4.85. The number of unbranched alkanes of at least 4 members (excludes halogenated alkanes) is 1. The van der Waals surface area contributed by atoms with E-state index in [-0.39, 0.29) is 5.69 Å². The minimum absolute atomic E-state index is 0.0450. The van der Waals surface area contributed by atoms with Gasteiger partial charge in [-0.05, 0) is 6.42 Å². The van der Waals surface area contributed by atoms with Crippen molar-refractivity contribution in [2.45, 2.75) is 26.7 Å². The molecule has 1 heterocycles. The van der Waals surface area contributed by atoms with Gasteiger partial charge in [-0.1, -0.05) is 13.3 Å². The van der Waals surface area contributed by atoms with Crippen LogP contribution in [0.5, 0.6) is 0 Å². The van der Waals surface area contributed by atoms with Gasteiger partial charge in [-0.3, -0.25) is 10.2 Å². The van der Waals surface area contributed by atoms with Gasteiger partial charge >= 0.3 is 11.9 Å². The second-order valence-electron chi connectivity index (χ2n) is 4.17. The number of nitrogens with zero attached hydrogens (tertiary/aromatic N) is 2. The van der Waals surface area contributed by atoms with E-state index in [0.717, 1.165) is 12.8 Å². The van der Waals surface area contributed by atoms with Crippen LogP contribution in [0, 0.1) is 12.1 Å². The van der Waals surface area contributed by atoms with Gasteiger partial charge < -0.3 is 10.5 Å². The maximum atomic E-state index is 11.7. The first-order valence-corrected chi connectivity index (χ1v) is 6.06.